The van der Waals surface area contributed by atoms with E-state index in [0.717, 1.165) is 17.9 Å². The summed E-state index contributed by atoms with van der Waals surface area (Å²) in [7, 11) is 5.57. The van der Waals surface area contributed by atoms with Crippen LogP contribution in [0.4, 0.5) is 10.5 Å². The molecule has 0 aromatic heterocycles. The van der Waals surface area contributed by atoms with Crippen LogP contribution in [0.5, 0.6) is 5.75 Å². The number of nitrogens with zero attached hydrogens (tertiary/aromatic N) is 1. The van der Waals surface area contributed by atoms with E-state index in [-0.39, 0.29) is 11.9 Å². The number of hydrogen-bond donors (Lipinski definition) is 3. The number of carbonyl (C=O) groups is 2. The molecule has 2 aromatic rings. The summed E-state index contributed by atoms with van der Waals surface area (Å²) < 4.78 is 5.71. The zero-order valence-corrected chi connectivity index (χ0v) is 16.8. The maximum Gasteiger partial charge on any atom is 0.319 e. The van der Waals surface area contributed by atoms with E-state index in [4.69, 9.17) is 4.74 Å². The molecule has 7 heteroatoms. The van der Waals surface area contributed by atoms with Crippen LogP contribution in [0, 0.1) is 6.92 Å². The fourth-order valence-corrected chi connectivity index (χ4v) is 2.59. The zero-order valence-electron chi connectivity index (χ0n) is 16.8. The van der Waals surface area contributed by atoms with Gasteiger partial charge in [0.05, 0.1) is 0 Å². The van der Waals surface area contributed by atoms with Crippen LogP contribution in [0.3, 0.4) is 0 Å². The number of ether oxygens (including phenoxy) is 1. The van der Waals surface area contributed by atoms with Crippen LogP contribution in [0.25, 0.3) is 0 Å². The van der Waals surface area contributed by atoms with Crippen molar-refractivity contribution in [1.29, 1.82) is 0 Å². The largest absolute Gasteiger partial charge is 0.492 e. The molecule has 0 bridgehead atoms. The van der Waals surface area contributed by atoms with Gasteiger partial charge in [0.25, 0.3) is 5.91 Å². The van der Waals surface area contributed by atoms with Gasteiger partial charge in [-0.05, 0) is 56.4 Å². The Bertz CT molecular complexity index is 821. The van der Waals surface area contributed by atoms with Crippen molar-refractivity contribution in [2.24, 2.45) is 0 Å². The van der Waals surface area contributed by atoms with Crippen LogP contribution in [0.1, 0.15) is 21.5 Å². The lowest BCUT2D eigenvalue weighted by Crippen LogP contribution is -2.29. The van der Waals surface area contributed by atoms with Crippen LogP contribution >= 0.6 is 0 Å². The third-order valence-electron chi connectivity index (χ3n) is 4.21. The van der Waals surface area contributed by atoms with Gasteiger partial charge in [-0.1, -0.05) is 18.2 Å². The second-order valence-electron chi connectivity index (χ2n) is 6.66. The molecule has 7 nitrogen and oxygen atoms in total. The smallest absolute Gasteiger partial charge is 0.319 e. The number of benzene rings is 2. The first-order valence-electron chi connectivity index (χ1n) is 9.13. The summed E-state index contributed by atoms with van der Waals surface area (Å²) in [6.07, 6.45) is 0. The molecular formula is C21H28N4O3. The quantitative estimate of drug-likeness (QED) is 0.653. The molecule has 0 heterocycles. The van der Waals surface area contributed by atoms with Gasteiger partial charge in [-0.3, -0.25) is 4.79 Å². The lowest BCUT2D eigenvalue weighted by molar-refractivity contribution is 0.0962. The van der Waals surface area contributed by atoms with E-state index >= 15 is 0 Å². The molecule has 0 atom stereocenters. The molecule has 0 aliphatic rings. The standard InChI is InChI=1S/C21H28N4O3/c1-15-18(20(26)22-2)9-6-10-19(15)24-21(27)23-14-16-7-5-8-17(13-16)28-12-11-25(3)4/h5-10,13H,11-12,14H2,1-4H3,(H,22,26)(H2,23,24,27). The Labute approximate surface area is 166 Å². The predicted molar refractivity (Wildman–Crippen MR) is 111 cm³/mol. The summed E-state index contributed by atoms with van der Waals surface area (Å²) in [6.45, 7) is 3.60. The van der Waals surface area contributed by atoms with E-state index < -0.39 is 0 Å². The Morgan fingerprint density at radius 2 is 1.86 bits per heavy atom. The summed E-state index contributed by atoms with van der Waals surface area (Å²) in [4.78, 5) is 26.2. The fourth-order valence-electron chi connectivity index (χ4n) is 2.59. The van der Waals surface area contributed by atoms with Gasteiger partial charge in [0, 0.05) is 31.4 Å². The molecule has 3 amide bonds. The van der Waals surface area contributed by atoms with Crippen LogP contribution in [0.15, 0.2) is 42.5 Å². The second-order valence-corrected chi connectivity index (χ2v) is 6.66. The normalized spacial score (nSPS) is 10.5. The summed E-state index contributed by atoms with van der Waals surface area (Å²) >= 11 is 0. The van der Waals surface area contributed by atoms with Crippen molar-refractivity contribution in [2.75, 3.05) is 39.6 Å². The zero-order chi connectivity index (χ0) is 20.5. The summed E-state index contributed by atoms with van der Waals surface area (Å²) in [5.74, 6) is 0.586. The minimum absolute atomic E-state index is 0.187. The van der Waals surface area contributed by atoms with E-state index in [1.165, 1.54) is 0 Å². The molecule has 0 saturated carbocycles. The van der Waals surface area contributed by atoms with E-state index in [0.29, 0.717) is 30.0 Å². The van der Waals surface area contributed by atoms with Gasteiger partial charge in [0.2, 0.25) is 0 Å². The molecule has 150 valence electrons. The van der Waals surface area contributed by atoms with E-state index in [1.807, 2.05) is 38.4 Å². The van der Waals surface area contributed by atoms with Crippen LogP contribution in [0.2, 0.25) is 0 Å². The number of hydrogen-bond acceptors (Lipinski definition) is 4. The van der Waals surface area contributed by atoms with Crippen molar-refractivity contribution in [3.8, 4) is 5.75 Å². The molecular weight excluding hydrogens is 356 g/mol. The van der Waals surface area contributed by atoms with Crippen molar-refractivity contribution in [3.05, 3.63) is 59.2 Å². The SMILES string of the molecule is CNC(=O)c1cccc(NC(=O)NCc2cccc(OCCN(C)C)c2)c1C. The number of urea groups is 1. The van der Waals surface area contributed by atoms with E-state index in [1.54, 1.807) is 32.2 Å². The average molecular weight is 384 g/mol. The molecule has 3 N–H and O–H groups in total. The summed E-state index contributed by atoms with van der Waals surface area (Å²) in [6, 6.07) is 12.5. The number of amides is 3. The number of rotatable bonds is 8. The Hall–Kier alpha value is -3.06. The van der Waals surface area contributed by atoms with Crippen molar-refractivity contribution in [2.45, 2.75) is 13.5 Å². The number of nitrogens with one attached hydrogen (secondary N) is 3. The van der Waals surface area contributed by atoms with Crippen LogP contribution < -0.4 is 20.7 Å². The highest BCUT2D eigenvalue weighted by molar-refractivity contribution is 5.98. The van der Waals surface area contributed by atoms with Gasteiger partial charge in [-0.2, -0.15) is 0 Å². The molecule has 0 saturated heterocycles. The van der Waals surface area contributed by atoms with E-state index in [2.05, 4.69) is 20.9 Å². The van der Waals surface area contributed by atoms with Gasteiger partial charge in [0.1, 0.15) is 12.4 Å². The van der Waals surface area contributed by atoms with Gasteiger partial charge >= 0.3 is 6.03 Å². The van der Waals surface area contributed by atoms with Crippen LogP contribution in [-0.2, 0) is 6.54 Å². The van der Waals surface area contributed by atoms with Crippen molar-refractivity contribution < 1.29 is 14.3 Å². The highest BCUT2D eigenvalue weighted by Gasteiger charge is 2.12. The first-order valence-corrected chi connectivity index (χ1v) is 9.13. The molecule has 0 aliphatic heterocycles. The Morgan fingerprint density at radius 1 is 1.11 bits per heavy atom. The average Bonchev–Trinajstić information content (AvgIpc) is 2.67. The Morgan fingerprint density at radius 3 is 2.57 bits per heavy atom. The monoisotopic (exact) mass is 384 g/mol. The molecule has 0 spiro atoms. The number of anilines is 1. The van der Waals surface area contributed by atoms with Gasteiger partial charge in [-0.15, -0.1) is 0 Å². The number of carbonyl (C=O) groups excluding carboxylic acids is 2. The molecule has 0 fully saturated rings. The summed E-state index contributed by atoms with van der Waals surface area (Å²) in [5.41, 5.74) is 2.78. The molecule has 0 radical (unpaired) electrons. The first kappa shape index (κ1) is 21.2. The maximum absolute atomic E-state index is 12.3. The second kappa shape index (κ2) is 10.3. The van der Waals surface area contributed by atoms with Gasteiger partial charge in [-0.25, -0.2) is 4.79 Å². The minimum Gasteiger partial charge on any atom is -0.492 e. The molecule has 2 rings (SSSR count). The highest BCUT2D eigenvalue weighted by Crippen LogP contribution is 2.19. The topological polar surface area (TPSA) is 82.7 Å². The maximum atomic E-state index is 12.3. The fraction of sp³-hybridized carbons (Fsp3) is 0.333. The molecule has 0 unspecified atom stereocenters. The lowest BCUT2D eigenvalue weighted by atomic mass is 10.1. The number of likely N-dealkylation sites (N-methyl/N-ethyl adjacent to an activating group) is 1. The Balaban J connectivity index is 1.92. The third kappa shape index (κ3) is 6.28. The van der Waals surface area contributed by atoms with E-state index in [9.17, 15) is 9.59 Å². The molecule has 2 aromatic carbocycles. The minimum atomic E-state index is -0.337. The Kier molecular flexibility index (Phi) is 7.83. The van der Waals surface area contributed by atoms with Crippen molar-refractivity contribution in [1.82, 2.24) is 15.5 Å². The summed E-state index contributed by atoms with van der Waals surface area (Å²) in [5, 5.41) is 8.21. The van der Waals surface area contributed by atoms with Gasteiger partial charge < -0.3 is 25.6 Å². The lowest BCUT2D eigenvalue weighted by Gasteiger charge is -2.13. The molecule has 28 heavy (non-hydrogen) atoms. The molecule has 0 aliphatic carbocycles. The van der Waals surface area contributed by atoms with Crippen molar-refractivity contribution >= 4 is 17.6 Å². The van der Waals surface area contributed by atoms with Crippen LogP contribution in [-0.4, -0.2) is 51.1 Å². The van der Waals surface area contributed by atoms with Crippen molar-refractivity contribution in [3.63, 3.8) is 0 Å². The highest BCUT2D eigenvalue weighted by atomic mass is 16.5. The predicted octanol–water partition coefficient (Wildman–Crippen LogP) is 2.62. The van der Waals surface area contributed by atoms with Gasteiger partial charge in [0.15, 0.2) is 0 Å². The third-order valence-corrected chi connectivity index (χ3v) is 4.21. The first-order chi connectivity index (χ1) is 13.4.